The number of carboxylic acid groups (broad SMARTS) is 2. The maximum absolute atomic E-state index is 11.4. The summed E-state index contributed by atoms with van der Waals surface area (Å²) in [5.41, 5.74) is -0.634. The van der Waals surface area contributed by atoms with Crippen LogP contribution in [0.5, 0.6) is 0 Å². The number of aromatic carboxylic acids is 2. The fraction of sp³-hybridized carbons (Fsp3) is 0.182. The normalized spacial score (nSPS) is 8.25. The Bertz CT molecular complexity index is 470. The second kappa shape index (κ2) is 12.2. The quantitative estimate of drug-likeness (QED) is 0.423. The molecular weight excluding hydrogens is 297 g/mol. The van der Waals surface area contributed by atoms with Gasteiger partial charge in [-0.3, -0.25) is 0 Å². The van der Waals surface area contributed by atoms with Crippen LogP contribution >= 0.6 is 0 Å². The molecule has 0 aromatic heterocycles. The van der Waals surface area contributed by atoms with Crippen LogP contribution in [0.4, 0.5) is 0 Å². The summed E-state index contributed by atoms with van der Waals surface area (Å²) in [5, 5.41) is 17.6. The number of benzene rings is 1. The van der Waals surface area contributed by atoms with Crippen LogP contribution in [0.25, 0.3) is 0 Å². The van der Waals surface area contributed by atoms with Crippen LogP contribution in [0.2, 0.25) is 0 Å². The average molecular weight is 310 g/mol. The molecule has 0 fully saturated rings. The zero-order valence-corrected chi connectivity index (χ0v) is 18.0. The average Bonchev–Trinajstić information content (AvgIpc) is 2.28. The van der Waals surface area contributed by atoms with Gasteiger partial charge in [-0.2, -0.15) is 0 Å². The molecule has 0 aliphatic carbocycles. The molecule has 0 radical (unpaired) electrons. The van der Waals surface area contributed by atoms with E-state index in [1.54, 1.807) is 6.92 Å². The number of hydrogen-bond donors (Lipinski definition) is 2. The van der Waals surface area contributed by atoms with Crippen molar-refractivity contribution in [2.75, 3.05) is 6.61 Å². The number of carbonyl (C=O) groups is 3. The molecule has 1 rings (SSSR count). The molecule has 0 atom stereocenters. The number of ether oxygens (including phenoxy) is 1. The predicted octanol–water partition coefficient (Wildman–Crippen LogP) is -7.39. The van der Waals surface area contributed by atoms with E-state index in [1.807, 2.05) is 0 Å². The molecule has 2 N–H and O–H groups in total. The van der Waals surface area contributed by atoms with Crippen molar-refractivity contribution in [3.8, 4) is 0 Å². The second-order valence-electron chi connectivity index (χ2n) is 3.13. The van der Waals surface area contributed by atoms with Crippen molar-refractivity contribution in [3.63, 3.8) is 0 Å². The van der Waals surface area contributed by atoms with Crippen LogP contribution in [0.15, 0.2) is 18.2 Å². The molecule has 0 heterocycles. The van der Waals surface area contributed by atoms with Gasteiger partial charge in [-0.1, -0.05) is 0 Å². The van der Waals surface area contributed by atoms with Crippen LogP contribution in [-0.2, 0) is 4.74 Å². The Labute approximate surface area is 186 Å². The minimum Gasteiger partial charge on any atom is -1.00 e. The number of carboxylic acids is 2. The third-order valence-corrected chi connectivity index (χ3v) is 1.94. The fourth-order valence-electron chi connectivity index (χ4n) is 1.21. The fourth-order valence-corrected chi connectivity index (χ4v) is 1.21. The monoisotopic (exact) mass is 310 g/mol. The molecule has 0 saturated carbocycles. The molecule has 9 heteroatoms. The van der Waals surface area contributed by atoms with Crippen LogP contribution in [-0.4, -0.2) is 34.7 Å². The molecule has 1 aromatic rings. The summed E-state index contributed by atoms with van der Waals surface area (Å²) < 4.78 is 4.67. The third kappa shape index (κ3) is 7.59. The molecule has 0 saturated heterocycles. The first kappa shape index (κ1) is 25.6. The van der Waals surface area contributed by atoms with E-state index < -0.39 is 17.9 Å². The summed E-state index contributed by atoms with van der Waals surface area (Å²) in [6.07, 6.45) is 0. The van der Waals surface area contributed by atoms with Crippen LogP contribution in [0.3, 0.4) is 0 Å². The van der Waals surface area contributed by atoms with Gasteiger partial charge in [0.2, 0.25) is 0 Å². The third-order valence-electron chi connectivity index (χ3n) is 1.94. The van der Waals surface area contributed by atoms with E-state index in [0.717, 1.165) is 18.2 Å². The van der Waals surface area contributed by atoms with Crippen molar-refractivity contribution >= 4 is 17.9 Å². The minimum absolute atomic E-state index is 0. The second-order valence-corrected chi connectivity index (χ2v) is 3.13. The van der Waals surface area contributed by atoms with Crippen molar-refractivity contribution in [2.45, 2.75) is 6.92 Å². The number of rotatable bonds is 4. The van der Waals surface area contributed by atoms with E-state index in [4.69, 9.17) is 10.2 Å². The van der Waals surface area contributed by atoms with Gasteiger partial charge in [-0.15, -0.1) is 0 Å². The number of hydrogen-bond acceptors (Lipinski definition) is 4. The largest absolute Gasteiger partial charge is 1.00 e. The molecule has 96 valence electrons. The number of esters is 1. The van der Waals surface area contributed by atoms with E-state index in [2.05, 4.69) is 4.74 Å². The molecule has 1 aromatic carbocycles. The maximum Gasteiger partial charge on any atom is 1.00 e. The first-order valence-corrected chi connectivity index (χ1v) is 4.74. The van der Waals surface area contributed by atoms with Gasteiger partial charge in [-0.25, -0.2) is 14.4 Å². The summed E-state index contributed by atoms with van der Waals surface area (Å²) in [6.45, 7) is 1.72. The predicted molar refractivity (Wildman–Crippen MR) is 59.7 cm³/mol. The topological polar surface area (TPSA) is 101 Å². The molecule has 0 bridgehead atoms. The van der Waals surface area contributed by atoms with Gasteiger partial charge in [0.25, 0.3) is 0 Å². The van der Waals surface area contributed by atoms with E-state index in [9.17, 15) is 14.4 Å². The van der Waals surface area contributed by atoms with Gasteiger partial charge < -0.3 is 19.2 Å². The first-order chi connectivity index (χ1) is 7.95. The van der Waals surface area contributed by atoms with E-state index in [1.165, 1.54) is 0 Å². The summed E-state index contributed by atoms with van der Waals surface area (Å²) >= 11 is 0. The minimum atomic E-state index is -1.31. The van der Waals surface area contributed by atoms with Gasteiger partial charge in [-0.05, 0) is 25.1 Å². The Morgan fingerprint density at radius 3 is 1.60 bits per heavy atom. The van der Waals surface area contributed by atoms with E-state index in [-0.39, 0.29) is 116 Å². The Morgan fingerprint density at radius 1 is 0.950 bits per heavy atom. The summed E-state index contributed by atoms with van der Waals surface area (Å²) in [4.78, 5) is 32.9. The van der Waals surface area contributed by atoms with Gasteiger partial charge >= 0.3 is 107 Å². The van der Waals surface area contributed by atoms with Crippen molar-refractivity contribution in [1.82, 2.24) is 0 Å². The molecule has 0 amide bonds. The van der Waals surface area contributed by atoms with Crippen LogP contribution < -0.4 is 88.7 Å². The van der Waals surface area contributed by atoms with Crippen molar-refractivity contribution in [2.24, 2.45) is 0 Å². The Morgan fingerprint density at radius 2 is 1.30 bits per heavy atom. The van der Waals surface area contributed by atoms with Gasteiger partial charge in [0, 0.05) is 0 Å². The number of carbonyl (C=O) groups excluding carboxylic acids is 1. The molecule has 20 heavy (non-hydrogen) atoms. The molecule has 0 spiro atoms. The molecular formula is C11H13Na3O6. The summed E-state index contributed by atoms with van der Waals surface area (Å²) in [6, 6.07) is 3.13. The smallest absolute Gasteiger partial charge is 1.00 e. The summed E-state index contributed by atoms with van der Waals surface area (Å²) in [5.74, 6) is -3.37. The zero-order valence-electron chi connectivity index (χ0n) is 15.0. The molecule has 0 unspecified atom stereocenters. The SMILES string of the molecule is CCOC(=O)c1cc(C(=O)O)cc(C(=O)O)c1.[H-].[H-].[H-].[Na+].[Na+].[Na+]. The first-order valence-electron chi connectivity index (χ1n) is 4.74. The molecule has 6 nitrogen and oxygen atoms in total. The Kier molecular flexibility index (Phi) is 15.6. The van der Waals surface area contributed by atoms with Gasteiger partial charge in [0.05, 0.1) is 23.3 Å². The van der Waals surface area contributed by atoms with Gasteiger partial charge in [0.1, 0.15) is 0 Å². The Hall–Kier alpha value is 0.630. The molecule has 0 aliphatic rings. The van der Waals surface area contributed by atoms with Crippen LogP contribution in [0.1, 0.15) is 42.3 Å². The zero-order chi connectivity index (χ0) is 13.0. The van der Waals surface area contributed by atoms with Crippen molar-refractivity contribution in [1.29, 1.82) is 0 Å². The van der Waals surface area contributed by atoms with Gasteiger partial charge in [0.15, 0.2) is 0 Å². The van der Waals surface area contributed by atoms with E-state index in [0.29, 0.717) is 0 Å². The summed E-state index contributed by atoms with van der Waals surface area (Å²) in [7, 11) is 0. The standard InChI is InChI=1S/C11H10O6.3Na.3H/c1-2-17-11(16)8-4-6(9(12)13)3-7(5-8)10(14)15;;;;;;/h3-5H,2H2,1H3,(H,12,13)(H,14,15);;;;;;/q;3*+1;3*-1. The Balaban J connectivity index is -0.000000120. The van der Waals surface area contributed by atoms with Crippen LogP contribution in [0, 0.1) is 0 Å². The van der Waals surface area contributed by atoms with E-state index >= 15 is 0 Å². The maximum atomic E-state index is 11.4. The van der Waals surface area contributed by atoms with Crippen molar-refractivity contribution < 1.29 is 122 Å². The molecule has 0 aliphatic heterocycles. The van der Waals surface area contributed by atoms with Crippen molar-refractivity contribution in [3.05, 3.63) is 34.9 Å².